The standard InChI is InChI=1S/C20H18FN5O4.ClH/c21-15-5-1-13(2-6-15)11-23-18-10-9-17(19(22)25-18)24-20(27)30-12-14-3-7-16(8-4-14)26(28)29;/h1-10H,11-12H2,(H,24,27)(H3,22,23,25);1H. The van der Waals surface area contributed by atoms with Crippen molar-refractivity contribution in [1.82, 2.24) is 0 Å². The van der Waals surface area contributed by atoms with Crippen LogP contribution in [0.4, 0.5) is 32.2 Å². The Morgan fingerprint density at radius 3 is 2.32 bits per heavy atom. The molecule has 0 spiro atoms. The molecular weight excluding hydrogens is 429 g/mol. The molecule has 162 valence electrons. The number of ether oxygens (including phenoxy) is 1. The summed E-state index contributed by atoms with van der Waals surface area (Å²) in [7, 11) is 0. The molecule has 0 saturated heterocycles. The molecule has 0 aliphatic heterocycles. The van der Waals surface area contributed by atoms with Crippen molar-refractivity contribution in [2.75, 3.05) is 16.4 Å². The highest BCUT2D eigenvalue weighted by Gasteiger charge is 2.12. The number of carbonyl (C=O) groups is 1. The van der Waals surface area contributed by atoms with Crippen LogP contribution in [0.5, 0.6) is 0 Å². The third kappa shape index (κ3) is 6.82. The second kappa shape index (κ2) is 10.7. The zero-order valence-corrected chi connectivity index (χ0v) is 16.9. The molecule has 9 nitrogen and oxygen atoms in total. The monoisotopic (exact) mass is 447 g/mol. The molecule has 0 unspecified atom stereocenters. The first-order valence-electron chi connectivity index (χ1n) is 8.88. The van der Waals surface area contributed by atoms with Crippen molar-refractivity contribution < 1.29 is 36.2 Å². The summed E-state index contributed by atoms with van der Waals surface area (Å²) < 4.78 is 18.0. The molecule has 0 fully saturated rings. The lowest BCUT2D eigenvalue weighted by Crippen LogP contribution is -3.00. The Bertz CT molecular complexity index is 1050. The minimum Gasteiger partial charge on any atom is -1.00 e. The number of anilines is 3. The zero-order valence-electron chi connectivity index (χ0n) is 16.1. The van der Waals surface area contributed by atoms with Gasteiger partial charge in [0.2, 0.25) is 11.6 Å². The van der Waals surface area contributed by atoms with Crippen LogP contribution in [0.2, 0.25) is 0 Å². The van der Waals surface area contributed by atoms with E-state index in [1.165, 1.54) is 36.4 Å². The molecule has 2 aromatic carbocycles. The number of pyridine rings is 1. The van der Waals surface area contributed by atoms with Crippen molar-refractivity contribution in [3.05, 3.63) is 87.7 Å². The average Bonchev–Trinajstić information content (AvgIpc) is 2.74. The van der Waals surface area contributed by atoms with Crippen LogP contribution in [0, 0.1) is 15.9 Å². The summed E-state index contributed by atoms with van der Waals surface area (Å²) >= 11 is 0. The maximum Gasteiger partial charge on any atom is 0.412 e. The number of non-ortho nitro benzene ring substituents is 1. The fraction of sp³-hybridized carbons (Fsp3) is 0.100. The van der Waals surface area contributed by atoms with E-state index in [0.717, 1.165) is 5.56 Å². The molecule has 1 aromatic heterocycles. The van der Waals surface area contributed by atoms with Crippen molar-refractivity contribution >= 4 is 29.1 Å². The first kappa shape index (κ1) is 23.4. The Labute approximate surface area is 183 Å². The largest absolute Gasteiger partial charge is 1.00 e. The summed E-state index contributed by atoms with van der Waals surface area (Å²) in [6.45, 7) is 0.408. The first-order valence-corrected chi connectivity index (χ1v) is 8.88. The Morgan fingerprint density at radius 1 is 1.06 bits per heavy atom. The summed E-state index contributed by atoms with van der Waals surface area (Å²) in [5.74, 6) is 0.526. The lowest BCUT2D eigenvalue weighted by molar-refractivity contribution is -0.384. The van der Waals surface area contributed by atoms with E-state index in [2.05, 4.69) is 15.6 Å². The third-order valence-corrected chi connectivity index (χ3v) is 4.13. The topological polar surface area (TPSA) is 134 Å². The molecule has 0 aliphatic rings. The SMILES string of the molecule is Nc1[nH+]c(NCc2ccc(F)cc2)ccc1NC(=O)OCc1ccc([N+](=O)[O-])cc1.[Cl-]. The molecule has 31 heavy (non-hydrogen) atoms. The Hall–Kier alpha value is -3.92. The smallest absolute Gasteiger partial charge is 0.412 e. The van der Waals surface area contributed by atoms with E-state index in [1.54, 1.807) is 24.3 Å². The van der Waals surface area contributed by atoms with Crippen molar-refractivity contribution in [3.63, 3.8) is 0 Å². The summed E-state index contributed by atoms with van der Waals surface area (Å²) in [5.41, 5.74) is 7.72. The number of carbonyl (C=O) groups excluding carboxylic acids is 1. The first-order chi connectivity index (χ1) is 14.4. The van der Waals surface area contributed by atoms with Gasteiger partial charge in [0.1, 0.15) is 18.1 Å². The van der Waals surface area contributed by atoms with Crippen LogP contribution in [0.25, 0.3) is 0 Å². The minimum atomic E-state index is -0.722. The number of nitrogen functional groups attached to an aromatic ring is 1. The van der Waals surface area contributed by atoms with E-state index < -0.39 is 11.0 Å². The van der Waals surface area contributed by atoms with Crippen molar-refractivity contribution in [2.45, 2.75) is 13.2 Å². The molecule has 0 atom stereocenters. The maximum atomic E-state index is 12.9. The summed E-state index contributed by atoms with van der Waals surface area (Å²) in [5, 5.41) is 16.3. The lowest BCUT2D eigenvalue weighted by Gasteiger charge is -2.09. The molecule has 0 aliphatic carbocycles. The summed E-state index contributed by atoms with van der Waals surface area (Å²) in [4.78, 5) is 25.0. The number of hydrogen-bond donors (Lipinski definition) is 3. The highest BCUT2D eigenvalue weighted by Crippen LogP contribution is 2.17. The third-order valence-electron chi connectivity index (χ3n) is 4.13. The predicted octanol–water partition coefficient (Wildman–Crippen LogP) is 0.495. The number of nitrogens with one attached hydrogen (secondary N) is 3. The number of benzene rings is 2. The van der Waals surface area contributed by atoms with E-state index in [1.807, 2.05) is 0 Å². The molecule has 0 saturated carbocycles. The maximum absolute atomic E-state index is 12.9. The molecule has 11 heteroatoms. The number of nitro benzene ring substituents is 1. The highest BCUT2D eigenvalue weighted by atomic mass is 35.5. The van der Waals surface area contributed by atoms with Gasteiger partial charge < -0.3 is 28.2 Å². The molecular formula is C20H19ClFN5O4. The Balaban J connectivity index is 0.00000341. The van der Waals surface area contributed by atoms with Gasteiger partial charge in [-0.3, -0.25) is 15.4 Å². The second-order valence-electron chi connectivity index (χ2n) is 6.30. The molecule has 0 bridgehead atoms. The molecule has 3 rings (SSSR count). The van der Waals surface area contributed by atoms with Crippen LogP contribution in [0.3, 0.4) is 0 Å². The Morgan fingerprint density at radius 2 is 1.71 bits per heavy atom. The van der Waals surface area contributed by atoms with Crippen LogP contribution in [0.15, 0.2) is 60.7 Å². The van der Waals surface area contributed by atoms with E-state index in [9.17, 15) is 19.3 Å². The number of aromatic amines is 1. The van der Waals surface area contributed by atoms with Crippen LogP contribution in [0.1, 0.15) is 11.1 Å². The van der Waals surface area contributed by atoms with Crippen molar-refractivity contribution in [1.29, 1.82) is 0 Å². The Kier molecular flexibility index (Phi) is 8.09. The fourth-order valence-corrected chi connectivity index (χ4v) is 2.53. The number of H-pyrrole nitrogens is 1. The summed E-state index contributed by atoms with van der Waals surface area (Å²) in [6, 6.07) is 15.1. The van der Waals surface area contributed by atoms with Gasteiger partial charge >= 0.3 is 6.09 Å². The van der Waals surface area contributed by atoms with Crippen LogP contribution in [-0.4, -0.2) is 11.0 Å². The van der Waals surface area contributed by atoms with Gasteiger partial charge in [-0.1, -0.05) is 12.1 Å². The highest BCUT2D eigenvalue weighted by molar-refractivity contribution is 5.87. The number of aromatic nitrogens is 1. The molecule has 5 N–H and O–H groups in total. The number of amides is 1. The van der Waals surface area contributed by atoms with Gasteiger partial charge in [0.15, 0.2) is 0 Å². The summed E-state index contributed by atoms with van der Waals surface area (Å²) in [6.07, 6.45) is -0.722. The normalized spacial score (nSPS) is 9.97. The second-order valence-corrected chi connectivity index (χ2v) is 6.30. The number of nitrogens with two attached hydrogens (primary N) is 1. The molecule has 3 aromatic rings. The lowest BCUT2D eigenvalue weighted by atomic mass is 10.2. The van der Waals surface area contributed by atoms with Crippen LogP contribution in [-0.2, 0) is 17.9 Å². The minimum absolute atomic E-state index is 0. The van der Waals surface area contributed by atoms with E-state index in [4.69, 9.17) is 10.5 Å². The van der Waals surface area contributed by atoms with Crippen LogP contribution >= 0.6 is 0 Å². The zero-order chi connectivity index (χ0) is 21.5. The van der Waals surface area contributed by atoms with Crippen LogP contribution < -0.4 is 33.8 Å². The van der Waals surface area contributed by atoms with E-state index in [0.29, 0.717) is 23.6 Å². The molecule has 1 amide bonds. The molecule has 0 radical (unpaired) electrons. The van der Waals surface area contributed by atoms with Gasteiger partial charge in [0.25, 0.3) is 5.69 Å². The number of nitrogens with zero attached hydrogens (tertiary/aromatic N) is 1. The number of halogens is 2. The number of hydrogen-bond acceptors (Lipinski definition) is 6. The van der Waals surface area contributed by atoms with E-state index >= 15 is 0 Å². The number of rotatable bonds is 7. The fourth-order valence-electron chi connectivity index (χ4n) is 2.53. The quantitative estimate of drug-likeness (QED) is 0.356. The number of nitro groups is 1. The van der Waals surface area contributed by atoms with Gasteiger partial charge in [-0.05, 0) is 41.5 Å². The van der Waals surface area contributed by atoms with Gasteiger partial charge in [0.05, 0.1) is 11.5 Å². The molecule has 1 heterocycles. The predicted molar refractivity (Wildman–Crippen MR) is 108 cm³/mol. The average molecular weight is 448 g/mol. The van der Waals surface area contributed by atoms with Gasteiger partial charge in [-0.15, -0.1) is 0 Å². The van der Waals surface area contributed by atoms with Gasteiger partial charge in [-0.25, -0.2) is 14.2 Å². The van der Waals surface area contributed by atoms with Gasteiger partial charge in [-0.2, -0.15) is 0 Å². The van der Waals surface area contributed by atoms with Gasteiger partial charge in [0, 0.05) is 18.2 Å². The van der Waals surface area contributed by atoms with Crippen molar-refractivity contribution in [3.8, 4) is 0 Å². The van der Waals surface area contributed by atoms with E-state index in [-0.39, 0.29) is 36.3 Å². The van der Waals surface area contributed by atoms with Crippen molar-refractivity contribution in [2.24, 2.45) is 0 Å².